The SMILES string of the molecule is Nc1nccc(COc2ccc3nc(NC4CCCC[C@H]4O)sc3c2)c1C(F)(F)F. The van der Waals surface area contributed by atoms with Crippen LogP contribution in [0.2, 0.25) is 0 Å². The van der Waals surface area contributed by atoms with Crippen LogP contribution in [0.5, 0.6) is 5.75 Å². The number of hydrogen-bond donors (Lipinski definition) is 3. The number of ether oxygens (including phenoxy) is 1. The molecule has 1 aromatic carbocycles. The third-order valence-electron chi connectivity index (χ3n) is 5.14. The van der Waals surface area contributed by atoms with Gasteiger partial charge in [0.15, 0.2) is 5.13 Å². The molecule has 1 aliphatic carbocycles. The quantitative estimate of drug-likeness (QED) is 0.540. The van der Waals surface area contributed by atoms with Crippen molar-refractivity contribution < 1.29 is 23.0 Å². The van der Waals surface area contributed by atoms with Crippen molar-refractivity contribution in [2.75, 3.05) is 11.1 Å². The third-order valence-corrected chi connectivity index (χ3v) is 6.09. The van der Waals surface area contributed by atoms with Crippen LogP contribution in [0, 0.1) is 0 Å². The summed E-state index contributed by atoms with van der Waals surface area (Å²) in [5.74, 6) is -0.138. The molecule has 2 atom stereocenters. The van der Waals surface area contributed by atoms with Crippen molar-refractivity contribution in [1.29, 1.82) is 0 Å². The summed E-state index contributed by atoms with van der Waals surface area (Å²) < 4.78 is 46.2. The molecule has 0 radical (unpaired) electrons. The number of hydrogen-bond acceptors (Lipinski definition) is 7. The van der Waals surface area contributed by atoms with E-state index in [1.165, 1.54) is 23.6 Å². The number of pyridine rings is 1. The van der Waals surface area contributed by atoms with Gasteiger partial charge in [-0.15, -0.1) is 0 Å². The summed E-state index contributed by atoms with van der Waals surface area (Å²) in [4.78, 5) is 8.05. The fourth-order valence-electron chi connectivity index (χ4n) is 3.62. The summed E-state index contributed by atoms with van der Waals surface area (Å²) in [6.07, 6.45) is -0.00534. The Balaban J connectivity index is 1.49. The molecule has 6 nitrogen and oxygen atoms in total. The average Bonchev–Trinajstić information content (AvgIpc) is 3.08. The Kier molecular flexibility index (Phi) is 5.70. The number of aliphatic hydroxyl groups is 1. The number of rotatable bonds is 5. The molecule has 1 aliphatic rings. The van der Waals surface area contributed by atoms with Crippen molar-refractivity contribution in [3.8, 4) is 5.75 Å². The number of halogens is 3. The Morgan fingerprint density at radius 2 is 2.03 bits per heavy atom. The van der Waals surface area contributed by atoms with Crippen molar-refractivity contribution in [2.45, 2.75) is 50.6 Å². The van der Waals surface area contributed by atoms with E-state index in [0.717, 1.165) is 35.9 Å². The Morgan fingerprint density at radius 3 is 2.80 bits per heavy atom. The number of nitrogens with one attached hydrogen (secondary N) is 1. The summed E-state index contributed by atoms with van der Waals surface area (Å²) in [7, 11) is 0. The fraction of sp³-hybridized carbons (Fsp3) is 0.400. The van der Waals surface area contributed by atoms with Gasteiger partial charge in [0.05, 0.1) is 22.4 Å². The van der Waals surface area contributed by atoms with Gasteiger partial charge in [-0.2, -0.15) is 13.2 Å². The fourth-order valence-corrected chi connectivity index (χ4v) is 4.58. The van der Waals surface area contributed by atoms with Gasteiger partial charge in [-0.3, -0.25) is 0 Å². The van der Waals surface area contributed by atoms with Gasteiger partial charge in [0.2, 0.25) is 0 Å². The zero-order chi connectivity index (χ0) is 21.3. The van der Waals surface area contributed by atoms with Crippen molar-refractivity contribution in [2.24, 2.45) is 0 Å². The van der Waals surface area contributed by atoms with Crippen LogP contribution >= 0.6 is 11.3 Å². The average molecular weight is 438 g/mol. The summed E-state index contributed by atoms with van der Waals surface area (Å²) >= 11 is 1.42. The first-order chi connectivity index (χ1) is 14.3. The highest BCUT2D eigenvalue weighted by molar-refractivity contribution is 7.22. The lowest BCUT2D eigenvalue weighted by molar-refractivity contribution is -0.138. The van der Waals surface area contributed by atoms with E-state index in [2.05, 4.69) is 15.3 Å². The van der Waals surface area contributed by atoms with Crippen molar-refractivity contribution in [3.63, 3.8) is 0 Å². The number of anilines is 2. The lowest BCUT2D eigenvalue weighted by Crippen LogP contribution is -2.36. The maximum Gasteiger partial charge on any atom is 0.420 e. The first-order valence-corrected chi connectivity index (χ1v) is 10.4. The number of nitrogens with two attached hydrogens (primary N) is 1. The molecule has 3 aromatic rings. The Bertz CT molecular complexity index is 1040. The molecule has 0 spiro atoms. The molecule has 2 heterocycles. The third kappa shape index (κ3) is 4.44. The maximum atomic E-state index is 13.3. The van der Waals surface area contributed by atoms with Gasteiger partial charge in [0, 0.05) is 11.8 Å². The standard InChI is InChI=1S/C20H21F3N4O2S/c21-20(22,23)17-11(7-8-25-18(17)24)10-29-12-5-6-14-16(9-12)30-19(27-14)26-13-3-1-2-4-15(13)28/h5-9,13,15,28H,1-4,10H2,(H2,24,25)(H,26,27)/t13?,15-/m1/s1. The lowest BCUT2D eigenvalue weighted by atomic mass is 9.93. The number of aromatic nitrogens is 2. The smallest absolute Gasteiger partial charge is 0.420 e. The first-order valence-electron chi connectivity index (χ1n) is 9.60. The molecular formula is C20H21F3N4O2S. The molecule has 0 aliphatic heterocycles. The highest BCUT2D eigenvalue weighted by atomic mass is 32.1. The molecule has 0 bridgehead atoms. The van der Waals surface area contributed by atoms with Crippen LogP contribution < -0.4 is 15.8 Å². The van der Waals surface area contributed by atoms with Gasteiger partial charge >= 0.3 is 6.18 Å². The second-order valence-corrected chi connectivity index (χ2v) is 8.30. The first kappa shape index (κ1) is 20.7. The summed E-state index contributed by atoms with van der Waals surface area (Å²) in [6.45, 7) is -0.286. The summed E-state index contributed by atoms with van der Waals surface area (Å²) in [6, 6.07) is 6.40. The number of thiazole rings is 1. The second kappa shape index (κ2) is 8.27. The van der Waals surface area contributed by atoms with Gasteiger partial charge < -0.3 is 20.9 Å². The van der Waals surface area contributed by atoms with Crippen LogP contribution in [0.3, 0.4) is 0 Å². The molecule has 1 fully saturated rings. The van der Waals surface area contributed by atoms with E-state index >= 15 is 0 Å². The van der Waals surface area contributed by atoms with Gasteiger partial charge in [-0.1, -0.05) is 24.2 Å². The molecular weight excluding hydrogens is 417 g/mol. The van der Waals surface area contributed by atoms with E-state index in [-0.39, 0.29) is 24.3 Å². The largest absolute Gasteiger partial charge is 0.489 e. The molecule has 4 N–H and O–H groups in total. The second-order valence-electron chi connectivity index (χ2n) is 7.27. The Hall–Kier alpha value is -2.59. The topological polar surface area (TPSA) is 93.3 Å². The van der Waals surface area contributed by atoms with Crippen LogP contribution in [0.25, 0.3) is 10.2 Å². The maximum absolute atomic E-state index is 13.3. The number of aliphatic hydroxyl groups excluding tert-OH is 1. The molecule has 2 aromatic heterocycles. The molecule has 1 saturated carbocycles. The monoisotopic (exact) mass is 438 g/mol. The van der Waals surface area contributed by atoms with Gasteiger partial charge in [0.25, 0.3) is 0 Å². The van der Waals surface area contributed by atoms with E-state index < -0.39 is 17.6 Å². The van der Waals surface area contributed by atoms with Crippen LogP contribution in [-0.4, -0.2) is 27.2 Å². The summed E-state index contributed by atoms with van der Waals surface area (Å²) in [5.41, 5.74) is 5.13. The predicted molar refractivity (Wildman–Crippen MR) is 109 cm³/mol. The van der Waals surface area contributed by atoms with Crippen molar-refractivity contribution in [3.05, 3.63) is 41.6 Å². The zero-order valence-corrected chi connectivity index (χ0v) is 16.8. The van der Waals surface area contributed by atoms with Crippen molar-refractivity contribution in [1.82, 2.24) is 9.97 Å². The molecule has 30 heavy (non-hydrogen) atoms. The van der Waals surface area contributed by atoms with E-state index in [1.807, 2.05) is 0 Å². The van der Waals surface area contributed by atoms with Gasteiger partial charge in [-0.05, 0) is 37.1 Å². The number of benzene rings is 1. The lowest BCUT2D eigenvalue weighted by Gasteiger charge is -2.27. The van der Waals surface area contributed by atoms with E-state index in [1.54, 1.807) is 18.2 Å². The normalized spacial score (nSPS) is 19.7. The predicted octanol–water partition coefficient (Wildman–Crippen LogP) is 4.59. The minimum absolute atomic E-state index is 0.0204. The number of alkyl halides is 3. The zero-order valence-electron chi connectivity index (χ0n) is 15.9. The Labute approximate surface area is 174 Å². The van der Waals surface area contributed by atoms with Crippen LogP contribution in [0.4, 0.5) is 24.1 Å². The van der Waals surface area contributed by atoms with Crippen molar-refractivity contribution >= 4 is 32.5 Å². The van der Waals surface area contributed by atoms with Crippen LogP contribution in [0.15, 0.2) is 30.5 Å². The van der Waals surface area contributed by atoms with Gasteiger partial charge in [-0.25, -0.2) is 9.97 Å². The number of nitrogen functional groups attached to an aromatic ring is 1. The van der Waals surface area contributed by atoms with Crippen LogP contribution in [-0.2, 0) is 12.8 Å². The molecule has 1 unspecified atom stereocenters. The van der Waals surface area contributed by atoms with E-state index in [4.69, 9.17) is 10.5 Å². The molecule has 160 valence electrons. The molecule has 10 heteroatoms. The summed E-state index contributed by atoms with van der Waals surface area (Å²) in [5, 5.41) is 14.1. The highest BCUT2D eigenvalue weighted by Gasteiger charge is 2.36. The molecule has 4 rings (SSSR count). The van der Waals surface area contributed by atoms with E-state index in [0.29, 0.717) is 10.9 Å². The Morgan fingerprint density at radius 1 is 1.23 bits per heavy atom. The minimum Gasteiger partial charge on any atom is -0.489 e. The molecule has 0 amide bonds. The molecule has 0 saturated heterocycles. The van der Waals surface area contributed by atoms with E-state index in [9.17, 15) is 18.3 Å². The number of fused-ring (bicyclic) bond motifs is 1. The number of nitrogens with zero attached hydrogens (tertiary/aromatic N) is 2. The minimum atomic E-state index is -4.61. The van der Waals surface area contributed by atoms with Gasteiger partial charge in [0.1, 0.15) is 23.7 Å². The van der Waals surface area contributed by atoms with Crippen LogP contribution in [0.1, 0.15) is 36.8 Å². The highest BCUT2D eigenvalue weighted by Crippen LogP contribution is 2.36.